The average Bonchev–Trinajstić information content (AvgIpc) is 2.73. The predicted molar refractivity (Wildman–Crippen MR) is 60.2 cm³/mol. The van der Waals surface area contributed by atoms with Crippen molar-refractivity contribution in [1.82, 2.24) is 14.7 Å². The molecular formula is C10H12F3N3S. The van der Waals surface area contributed by atoms with E-state index in [2.05, 4.69) is 10.3 Å². The lowest BCUT2D eigenvalue weighted by atomic mass is 10.3. The first-order valence-electron chi connectivity index (χ1n) is 5.16. The third-order valence-corrected chi connectivity index (χ3v) is 3.20. The average molecular weight is 263 g/mol. The maximum absolute atomic E-state index is 11.9. The molecule has 0 aromatic carbocycles. The molecule has 0 fully saturated rings. The fourth-order valence-corrected chi connectivity index (χ4v) is 2.37. The number of hydrogen-bond donors (Lipinski definition) is 1. The van der Waals surface area contributed by atoms with Crippen molar-refractivity contribution in [3.8, 4) is 0 Å². The first kappa shape index (κ1) is 12.4. The molecule has 2 aromatic heterocycles. The van der Waals surface area contributed by atoms with E-state index in [4.69, 9.17) is 0 Å². The second kappa shape index (κ2) is 4.66. The fraction of sp³-hybridized carbons (Fsp3) is 0.500. The molecule has 2 rings (SSSR count). The van der Waals surface area contributed by atoms with E-state index in [-0.39, 0.29) is 6.54 Å². The van der Waals surface area contributed by atoms with Crippen LogP contribution >= 0.6 is 11.3 Å². The number of imidazole rings is 1. The van der Waals surface area contributed by atoms with Gasteiger partial charge in [-0.25, -0.2) is 4.98 Å². The van der Waals surface area contributed by atoms with Crippen molar-refractivity contribution >= 4 is 16.3 Å². The van der Waals surface area contributed by atoms with Gasteiger partial charge in [0.05, 0.1) is 17.8 Å². The number of hydrogen-bond acceptors (Lipinski definition) is 3. The van der Waals surface area contributed by atoms with Crippen LogP contribution < -0.4 is 5.32 Å². The number of thiazole rings is 1. The number of halogens is 3. The quantitative estimate of drug-likeness (QED) is 0.859. The highest BCUT2D eigenvalue weighted by atomic mass is 32.1. The zero-order valence-electron chi connectivity index (χ0n) is 9.21. The molecule has 0 radical (unpaired) electrons. The molecular weight excluding hydrogens is 251 g/mol. The number of aromatic nitrogens is 2. The van der Waals surface area contributed by atoms with E-state index < -0.39 is 12.6 Å². The first-order valence-corrected chi connectivity index (χ1v) is 6.04. The van der Waals surface area contributed by atoms with Crippen molar-refractivity contribution in [2.45, 2.75) is 26.1 Å². The highest BCUT2D eigenvalue weighted by molar-refractivity contribution is 7.15. The Labute approximate surface area is 100 Å². The Morgan fingerprint density at radius 2 is 2.24 bits per heavy atom. The van der Waals surface area contributed by atoms with Crippen LogP contribution in [-0.2, 0) is 6.54 Å². The largest absolute Gasteiger partial charge is 0.390 e. The van der Waals surface area contributed by atoms with Gasteiger partial charge in [0.25, 0.3) is 0 Å². The Morgan fingerprint density at radius 1 is 1.47 bits per heavy atom. The number of rotatable bonds is 4. The van der Waals surface area contributed by atoms with Crippen molar-refractivity contribution in [3.05, 3.63) is 23.0 Å². The van der Waals surface area contributed by atoms with Crippen LogP contribution in [-0.4, -0.2) is 22.1 Å². The minimum Gasteiger partial charge on any atom is -0.311 e. The molecule has 0 aliphatic heterocycles. The molecule has 0 atom stereocenters. The Bertz CT molecular complexity index is 500. The lowest BCUT2D eigenvalue weighted by Gasteiger charge is -2.07. The molecule has 1 N–H and O–H groups in total. The molecule has 3 nitrogen and oxygen atoms in total. The van der Waals surface area contributed by atoms with E-state index in [0.717, 1.165) is 16.3 Å². The van der Waals surface area contributed by atoms with Crippen LogP contribution in [0, 0.1) is 6.92 Å². The molecule has 0 spiro atoms. The zero-order chi connectivity index (χ0) is 12.5. The molecule has 0 saturated heterocycles. The summed E-state index contributed by atoms with van der Waals surface area (Å²) in [6.07, 6.45) is -3.03. The second-order valence-electron chi connectivity index (χ2n) is 3.74. The van der Waals surface area contributed by atoms with Crippen molar-refractivity contribution in [2.75, 3.05) is 6.54 Å². The van der Waals surface area contributed by atoms with E-state index in [1.165, 1.54) is 11.3 Å². The molecule has 0 unspecified atom stereocenters. The molecule has 2 aromatic rings. The van der Waals surface area contributed by atoms with Crippen LogP contribution in [0.2, 0.25) is 0 Å². The summed E-state index contributed by atoms with van der Waals surface area (Å²) in [7, 11) is 0. The minimum atomic E-state index is -4.10. The van der Waals surface area contributed by atoms with Gasteiger partial charge < -0.3 is 5.32 Å². The first-order chi connectivity index (χ1) is 7.97. The Hall–Kier alpha value is -1.08. The molecule has 0 aliphatic carbocycles. The normalized spacial score (nSPS) is 12.5. The summed E-state index contributed by atoms with van der Waals surface area (Å²) < 4.78 is 37.7. The molecule has 0 aliphatic rings. The summed E-state index contributed by atoms with van der Waals surface area (Å²) >= 11 is 1.51. The molecule has 0 bridgehead atoms. The summed E-state index contributed by atoms with van der Waals surface area (Å²) in [5.41, 5.74) is 1.78. The maximum atomic E-state index is 11.9. The second-order valence-corrected chi connectivity index (χ2v) is 4.61. The highest BCUT2D eigenvalue weighted by Crippen LogP contribution is 2.19. The zero-order valence-corrected chi connectivity index (χ0v) is 10.0. The Morgan fingerprint density at radius 3 is 2.94 bits per heavy atom. The highest BCUT2D eigenvalue weighted by Gasteiger charge is 2.26. The van der Waals surface area contributed by atoms with E-state index >= 15 is 0 Å². The van der Waals surface area contributed by atoms with Gasteiger partial charge in [-0.3, -0.25) is 4.40 Å². The van der Waals surface area contributed by atoms with E-state index in [9.17, 15) is 13.2 Å². The van der Waals surface area contributed by atoms with Crippen LogP contribution in [0.25, 0.3) is 4.96 Å². The van der Waals surface area contributed by atoms with Gasteiger partial charge in [0.15, 0.2) is 4.96 Å². The molecule has 17 heavy (non-hydrogen) atoms. The number of fused-ring (bicyclic) bond motifs is 1. The Kier molecular flexibility index (Phi) is 3.39. The smallest absolute Gasteiger partial charge is 0.311 e. The van der Waals surface area contributed by atoms with E-state index in [1.807, 2.05) is 22.9 Å². The minimum absolute atomic E-state index is 0.0691. The van der Waals surface area contributed by atoms with E-state index in [0.29, 0.717) is 6.54 Å². The summed E-state index contributed by atoms with van der Waals surface area (Å²) in [5, 5.41) is 4.69. The van der Waals surface area contributed by atoms with Crippen molar-refractivity contribution < 1.29 is 13.2 Å². The van der Waals surface area contributed by atoms with Gasteiger partial charge in [0, 0.05) is 24.7 Å². The summed E-state index contributed by atoms with van der Waals surface area (Å²) in [5.74, 6) is 0. The van der Waals surface area contributed by atoms with Crippen molar-refractivity contribution in [3.63, 3.8) is 0 Å². The number of aryl methyl sites for hydroxylation is 1. The van der Waals surface area contributed by atoms with E-state index in [1.54, 1.807) is 0 Å². The SMILES string of the molecule is Cc1nc2sccn2c1CNCCC(F)(F)F. The van der Waals surface area contributed by atoms with Gasteiger partial charge in [-0.15, -0.1) is 11.3 Å². The summed E-state index contributed by atoms with van der Waals surface area (Å²) in [6.45, 7) is 2.20. The molecule has 2 heterocycles. The topological polar surface area (TPSA) is 29.3 Å². The van der Waals surface area contributed by atoms with Crippen molar-refractivity contribution in [2.24, 2.45) is 0 Å². The van der Waals surface area contributed by atoms with Crippen LogP contribution in [0.1, 0.15) is 17.8 Å². The van der Waals surface area contributed by atoms with Crippen LogP contribution in [0.4, 0.5) is 13.2 Å². The molecule has 0 saturated carbocycles. The van der Waals surface area contributed by atoms with Gasteiger partial charge >= 0.3 is 6.18 Å². The lowest BCUT2D eigenvalue weighted by molar-refractivity contribution is -0.133. The van der Waals surface area contributed by atoms with Crippen molar-refractivity contribution in [1.29, 1.82) is 0 Å². The molecule has 0 amide bonds. The molecule has 94 valence electrons. The monoisotopic (exact) mass is 263 g/mol. The lowest BCUT2D eigenvalue weighted by Crippen LogP contribution is -2.22. The number of nitrogens with zero attached hydrogens (tertiary/aromatic N) is 2. The summed E-state index contributed by atoms with van der Waals surface area (Å²) in [6, 6.07) is 0. The third-order valence-electron chi connectivity index (χ3n) is 2.44. The molecule has 7 heteroatoms. The van der Waals surface area contributed by atoms with Gasteiger partial charge in [0.1, 0.15) is 0 Å². The Balaban J connectivity index is 1.94. The summed E-state index contributed by atoms with van der Waals surface area (Å²) in [4.78, 5) is 5.19. The van der Waals surface area contributed by atoms with Gasteiger partial charge in [0.2, 0.25) is 0 Å². The maximum Gasteiger partial charge on any atom is 0.390 e. The van der Waals surface area contributed by atoms with Crippen LogP contribution in [0.15, 0.2) is 11.6 Å². The van der Waals surface area contributed by atoms with Crippen LogP contribution in [0.5, 0.6) is 0 Å². The van der Waals surface area contributed by atoms with Crippen LogP contribution in [0.3, 0.4) is 0 Å². The standard InChI is InChI=1S/C10H12F3N3S/c1-7-8(6-14-3-2-10(11,12)13)16-4-5-17-9(16)15-7/h4-5,14H,2-3,6H2,1H3. The van der Waals surface area contributed by atoms with Gasteiger partial charge in [-0.1, -0.05) is 0 Å². The number of alkyl halides is 3. The van der Waals surface area contributed by atoms with Gasteiger partial charge in [-0.2, -0.15) is 13.2 Å². The van der Waals surface area contributed by atoms with Gasteiger partial charge in [-0.05, 0) is 6.92 Å². The predicted octanol–water partition coefficient (Wildman–Crippen LogP) is 2.75. The fourth-order valence-electron chi connectivity index (χ4n) is 1.59. The third kappa shape index (κ3) is 2.98. The number of nitrogens with one attached hydrogen (secondary N) is 1.